The number of nitrogens with zero attached hydrogens (tertiary/aromatic N) is 2. The van der Waals surface area contributed by atoms with Crippen LogP contribution in [0, 0.1) is 0 Å². The van der Waals surface area contributed by atoms with Crippen LogP contribution in [0.5, 0.6) is 0 Å². The number of hydrogen-bond acceptors (Lipinski definition) is 2. The molecule has 0 aliphatic heterocycles. The topological polar surface area (TPSA) is 40.6 Å². The van der Waals surface area contributed by atoms with Gasteiger partial charge in [0.2, 0.25) is 11.8 Å². The van der Waals surface area contributed by atoms with E-state index in [0.717, 1.165) is 5.56 Å². The summed E-state index contributed by atoms with van der Waals surface area (Å²) in [5.41, 5.74) is 1.08. The molecule has 1 aromatic rings. The highest BCUT2D eigenvalue weighted by Crippen LogP contribution is 2.05. The summed E-state index contributed by atoms with van der Waals surface area (Å²) in [6.45, 7) is 6.58. The fraction of sp³-hybridized carbons (Fsp3) is 0.333. The molecule has 0 radical (unpaired) electrons. The number of carbonyl (C=O) groups is 2. The monoisotopic (exact) mass is 260 g/mol. The number of likely N-dealkylation sites (N-methyl/N-ethyl adjacent to an activating group) is 2. The molecule has 102 valence electrons. The van der Waals surface area contributed by atoms with Gasteiger partial charge in [0, 0.05) is 20.1 Å². The van der Waals surface area contributed by atoms with E-state index >= 15 is 0 Å². The molecule has 4 heteroatoms. The van der Waals surface area contributed by atoms with E-state index in [9.17, 15) is 9.59 Å². The summed E-state index contributed by atoms with van der Waals surface area (Å²) in [4.78, 5) is 26.5. The zero-order valence-electron chi connectivity index (χ0n) is 11.5. The van der Waals surface area contributed by atoms with Crippen LogP contribution in [0.15, 0.2) is 43.0 Å². The van der Waals surface area contributed by atoms with Crippen molar-refractivity contribution in [3.63, 3.8) is 0 Å². The Morgan fingerprint density at radius 2 is 1.89 bits per heavy atom. The van der Waals surface area contributed by atoms with E-state index in [0.29, 0.717) is 13.1 Å². The minimum Gasteiger partial charge on any atom is -0.337 e. The SMILES string of the molecule is C=CC(=O)N(C)CC(=O)N(CC)Cc1ccccc1. The first kappa shape index (κ1) is 15.0. The van der Waals surface area contributed by atoms with Gasteiger partial charge in [0.1, 0.15) is 0 Å². The van der Waals surface area contributed by atoms with Crippen molar-refractivity contribution >= 4 is 11.8 Å². The molecule has 0 heterocycles. The Kier molecular flexibility index (Phi) is 5.79. The van der Waals surface area contributed by atoms with Gasteiger partial charge in [-0.2, -0.15) is 0 Å². The van der Waals surface area contributed by atoms with Crippen molar-refractivity contribution in [2.24, 2.45) is 0 Å². The number of benzene rings is 1. The Hall–Kier alpha value is -2.10. The predicted molar refractivity (Wildman–Crippen MR) is 75.4 cm³/mol. The first-order chi connectivity index (χ1) is 9.08. The maximum Gasteiger partial charge on any atom is 0.246 e. The summed E-state index contributed by atoms with van der Waals surface area (Å²) in [5, 5.41) is 0. The number of carbonyl (C=O) groups excluding carboxylic acids is 2. The lowest BCUT2D eigenvalue weighted by Gasteiger charge is -2.24. The first-order valence-electron chi connectivity index (χ1n) is 6.27. The quantitative estimate of drug-likeness (QED) is 0.730. The van der Waals surface area contributed by atoms with E-state index in [1.54, 1.807) is 11.9 Å². The molecule has 4 nitrogen and oxygen atoms in total. The van der Waals surface area contributed by atoms with Crippen LogP contribution >= 0.6 is 0 Å². The van der Waals surface area contributed by atoms with Gasteiger partial charge >= 0.3 is 0 Å². The molecule has 0 unspecified atom stereocenters. The lowest BCUT2D eigenvalue weighted by Crippen LogP contribution is -2.40. The molecule has 0 spiro atoms. The summed E-state index contributed by atoms with van der Waals surface area (Å²) >= 11 is 0. The van der Waals surface area contributed by atoms with Crippen LogP contribution in [-0.4, -0.2) is 41.8 Å². The van der Waals surface area contributed by atoms with Crippen molar-refractivity contribution in [3.05, 3.63) is 48.6 Å². The van der Waals surface area contributed by atoms with Gasteiger partial charge in [-0.25, -0.2) is 0 Å². The van der Waals surface area contributed by atoms with E-state index in [1.807, 2.05) is 37.3 Å². The van der Waals surface area contributed by atoms with Crippen LogP contribution < -0.4 is 0 Å². The Morgan fingerprint density at radius 3 is 2.42 bits per heavy atom. The normalized spacial score (nSPS) is 9.79. The fourth-order valence-electron chi connectivity index (χ4n) is 1.72. The lowest BCUT2D eigenvalue weighted by atomic mass is 10.2. The smallest absolute Gasteiger partial charge is 0.246 e. The van der Waals surface area contributed by atoms with E-state index in [1.165, 1.54) is 11.0 Å². The van der Waals surface area contributed by atoms with Crippen molar-refractivity contribution in [2.75, 3.05) is 20.1 Å². The molecular weight excluding hydrogens is 240 g/mol. The second-order valence-electron chi connectivity index (χ2n) is 4.29. The van der Waals surface area contributed by atoms with Crippen molar-refractivity contribution in [1.82, 2.24) is 9.80 Å². The minimum absolute atomic E-state index is 0.0657. The zero-order chi connectivity index (χ0) is 14.3. The lowest BCUT2D eigenvalue weighted by molar-refractivity contribution is -0.137. The van der Waals surface area contributed by atoms with Crippen LogP contribution in [0.3, 0.4) is 0 Å². The van der Waals surface area contributed by atoms with E-state index < -0.39 is 0 Å². The van der Waals surface area contributed by atoms with Crippen molar-refractivity contribution in [2.45, 2.75) is 13.5 Å². The summed E-state index contributed by atoms with van der Waals surface area (Å²) in [7, 11) is 1.60. The molecular formula is C15H20N2O2. The molecule has 0 saturated heterocycles. The van der Waals surface area contributed by atoms with Crippen LogP contribution in [0.4, 0.5) is 0 Å². The molecule has 0 atom stereocenters. The average Bonchev–Trinajstić information content (AvgIpc) is 2.44. The van der Waals surface area contributed by atoms with Gasteiger partial charge in [-0.3, -0.25) is 9.59 Å². The molecule has 0 fully saturated rings. The Bertz CT molecular complexity index is 443. The van der Waals surface area contributed by atoms with Gasteiger partial charge in [0.25, 0.3) is 0 Å². The molecule has 0 bridgehead atoms. The van der Waals surface area contributed by atoms with Gasteiger partial charge in [-0.1, -0.05) is 36.9 Å². The molecule has 2 amide bonds. The molecule has 0 aromatic heterocycles. The van der Waals surface area contributed by atoms with E-state index in [4.69, 9.17) is 0 Å². The van der Waals surface area contributed by atoms with Gasteiger partial charge in [-0.15, -0.1) is 0 Å². The number of hydrogen-bond donors (Lipinski definition) is 0. The Balaban J connectivity index is 2.62. The molecule has 0 saturated carbocycles. The molecule has 0 aliphatic rings. The third-order valence-corrected chi connectivity index (χ3v) is 2.87. The van der Waals surface area contributed by atoms with Crippen molar-refractivity contribution in [3.8, 4) is 0 Å². The Labute approximate surface area is 114 Å². The van der Waals surface area contributed by atoms with Crippen LogP contribution in [0.2, 0.25) is 0 Å². The maximum absolute atomic E-state index is 12.1. The summed E-state index contributed by atoms with van der Waals surface area (Å²) in [5.74, 6) is -0.312. The number of rotatable bonds is 6. The Morgan fingerprint density at radius 1 is 1.26 bits per heavy atom. The first-order valence-corrected chi connectivity index (χ1v) is 6.27. The fourth-order valence-corrected chi connectivity index (χ4v) is 1.72. The van der Waals surface area contributed by atoms with Crippen LogP contribution in [0.1, 0.15) is 12.5 Å². The highest BCUT2D eigenvalue weighted by Gasteiger charge is 2.16. The summed E-state index contributed by atoms with van der Waals surface area (Å²) in [6, 6.07) is 9.79. The number of amides is 2. The van der Waals surface area contributed by atoms with Gasteiger partial charge in [-0.05, 0) is 18.6 Å². The second-order valence-corrected chi connectivity index (χ2v) is 4.29. The summed E-state index contributed by atoms with van der Waals surface area (Å²) < 4.78 is 0. The molecule has 1 aromatic carbocycles. The highest BCUT2D eigenvalue weighted by atomic mass is 16.2. The van der Waals surface area contributed by atoms with E-state index in [-0.39, 0.29) is 18.4 Å². The van der Waals surface area contributed by atoms with E-state index in [2.05, 4.69) is 6.58 Å². The third kappa shape index (κ3) is 4.58. The zero-order valence-corrected chi connectivity index (χ0v) is 11.5. The van der Waals surface area contributed by atoms with Gasteiger partial charge in [0.15, 0.2) is 0 Å². The largest absolute Gasteiger partial charge is 0.337 e. The third-order valence-electron chi connectivity index (χ3n) is 2.87. The predicted octanol–water partition coefficient (Wildman–Crippen LogP) is 1.68. The molecule has 0 aliphatic carbocycles. The maximum atomic E-state index is 12.1. The molecule has 1 rings (SSSR count). The standard InChI is InChI=1S/C15H20N2O2/c1-4-14(18)16(3)12-15(19)17(5-2)11-13-9-7-6-8-10-13/h4,6-10H,1,5,11-12H2,2-3H3. The average molecular weight is 260 g/mol. The highest BCUT2D eigenvalue weighted by molar-refractivity contribution is 5.90. The molecule has 19 heavy (non-hydrogen) atoms. The van der Waals surface area contributed by atoms with Crippen molar-refractivity contribution in [1.29, 1.82) is 0 Å². The van der Waals surface area contributed by atoms with Gasteiger partial charge < -0.3 is 9.80 Å². The minimum atomic E-state index is -0.246. The van der Waals surface area contributed by atoms with Crippen LogP contribution in [0.25, 0.3) is 0 Å². The van der Waals surface area contributed by atoms with Crippen molar-refractivity contribution < 1.29 is 9.59 Å². The summed E-state index contributed by atoms with van der Waals surface area (Å²) in [6.07, 6.45) is 1.21. The van der Waals surface area contributed by atoms with Crippen LogP contribution in [-0.2, 0) is 16.1 Å². The molecule has 0 N–H and O–H groups in total. The second kappa shape index (κ2) is 7.36. The van der Waals surface area contributed by atoms with Gasteiger partial charge in [0.05, 0.1) is 6.54 Å².